The van der Waals surface area contributed by atoms with E-state index in [1.807, 2.05) is 19.9 Å². The topological polar surface area (TPSA) is 75.7 Å². The van der Waals surface area contributed by atoms with Gasteiger partial charge in [-0.05, 0) is 31.5 Å². The van der Waals surface area contributed by atoms with Crippen LogP contribution in [0.25, 0.3) is 0 Å². The molecule has 0 saturated heterocycles. The summed E-state index contributed by atoms with van der Waals surface area (Å²) in [5, 5.41) is 7.91. The lowest BCUT2D eigenvalue weighted by Crippen LogP contribution is -2.11. The highest BCUT2D eigenvalue weighted by molar-refractivity contribution is 7.98. The third kappa shape index (κ3) is 3.54. The fraction of sp³-hybridized carbons (Fsp3) is 0.214. The van der Waals surface area contributed by atoms with Crippen LogP contribution in [0, 0.1) is 25.1 Å². The zero-order chi connectivity index (χ0) is 14.7. The minimum absolute atomic E-state index is 0.138. The molecule has 1 aromatic heterocycles. The molecular weight excluding hydrogens is 275 g/mol. The Kier molecular flexibility index (Phi) is 4.34. The standard InChI is InChI=1S/C14H15FN4S/c1-8-5-9(2)19-14(18-8)20-7-11-4-3-10(13(16)17)6-12(11)15/h3-6H,7H2,1-2H3,(H3,16,17). The van der Waals surface area contributed by atoms with Gasteiger partial charge < -0.3 is 5.73 Å². The van der Waals surface area contributed by atoms with Crippen molar-refractivity contribution in [3.63, 3.8) is 0 Å². The van der Waals surface area contributed by atoms with Crippen molar-refractivity contribution in [1.29, 1.82) is 5.41 Å². The number of aryl methyl sites for hydroxylation is 2. The third-order valence-electron chi connectivity index (χ3n) is 2.68. The van der Waals surface area contributed by atoms with Crippen LogP contribution in [0.4, 0.5) is 4.39 Å². The number of nitrogens with zero attached hydrogens (tertiary/aromatic N) is 2. The molecule has 2 rings (SSSR count). The van der Waals surface area contributed by atoms with Gasteiger partial charge in [0.15, 0.2) is 5.16 Å². The monoisotopic (exact) mass is 290 g/mol. The van der Waals surface area contributed by atoms with Crippen LogP contribution in [0.15, 0.2) is 29.4 Å². The molecule has 0 bridgehead atoms. The number of aromatic nitrogens is 2. The van der Waals surface area contributed by atoms with Crippen molar-refractivity contribution in [2.75, 3.05) is 0 Å². The average Bonchev–Trinajstić information content (AvgIpc) is 2.36. The van der Waals surface area contributed by atoms with Crippen molar-refractivity contribution in [3.8, 4) is 0 Å². The quantitative estimate of drug-likeness (QED) is 0.393. The zero-order valence-corrected chi connectivity index (χ0v) is 12.1. The highest BCUT2D eigenvalue weighted by atomic mass is 32.2. The highest BCUT2D eigenvalue weighted by Crippen LogP contribution is 2.22. The number of thioether (sulfide) groups is 1. The van der Waals surface area contributed by atoms with Gasteiger partial charge >= 0.3 is 0 Å². The molecule has 0 saturated carbocycles. The number of nitrogens with two attached hydrogens (primary N) is 1. The van der Waals surface area contributed by atoms with Gasteiger partial charge in [0.2, 0.25) is 0 Å². The molecule has 0 spiro atoms. The van der Waals surface area contributed by atoms with E-state index in [0.29, 0.717) is 22.0 Å². The van der Waals surface area contributed by atoms with Gasteiger partial charge in [-0.15, -0.1) is 0 Å². The van der Waals surface area contributed by atoms with Gasteiger partial charge in [0.05, 0.1) is 0 Å². The van der Waals surface area contributed by atoms with Crippen LogP contribution in [0.1, 0.15) is 22.5 Å². The summed E-state index contributed by atoms with van der Waals surface area (Å²) < 4.78 is 13.9. The summed E-state index contributed by atoms with van der Waals surface area (Å²) in [4.78, 5) is 8.60. The maximum atomic E-state index is 13.9. The fourth-order valence-electron chi connectivity index (χ4n) is 1.73. The van der Waals surface area contributed by atoms with E-state index in [1.54, 1.807) is 12.1 Å². The highest BCUT2D eigenvalue weighted by Gasteiger charge is 2.07. The Morgan fingerprint density at radius 1 is 1.25 bits per heavy atom. The normalized spacial score (nSPS) is 10.6. The first-order chi connectivity index (χ1) is 9.45. The van der Waals surface area contributed by atoms with Gasteiger partial charge in [-0.1, -0.05) is 23.9 Å². The molecule has 1 aromatic carbocycles. The summed E-state index contributed by atoms with van der Waals surface area (Å²) in [6.45, 7) is 3.81. The van der Waals surface area contributed by atoms with Crippen LogP contribution >= 0.6 is 11.8 Å². The predicted octanol–water partition coefficient (Wildman–Crippen LogP) is 2.81. The third-order valence-corrected chi connectivity index (χ3v) is 3.58. The Labute approximate surface area is 121 Å². The second-order valence-electron chi connectivity index (χ2n) is 4.44. The lowest BCUT2D eigenvalue weighted by molar-refractivity contribution is 0.617. The van der Waals surface area contributed by atoms with Gasteiger partial charge in [0.1, 0.15) is 11.7 Å². The van der Waals surface area contributed by atoms with Crippen LogP contribution in [0.3, 0.4) is 0 Å². The molecule has 1 heterocycles. The molecule has 0 aliphatic heterocycles. The van der Waals surface area contributed by atoms with Crippen molar-refractivity contribution in [2.24, 2.45) is 5.73 Å². The van der Waals surface area contributed by atoms with Crippen molar-refractivity contribution in [3.05, 3.63) is 52.6 Å². The lowest BCUT2D eigenvalue weighted by Gasteiger charge is -2.06. The van der Waals surface area contributed by atoms with Gasteiger partial charge in [0.25, 0.3) is 0 Å². The molecule has 2 aromatic rings. The second kappa shape index (κ2) is 6.00. The summed E-state index contributed by atoms with van der Waals surface area (Å²) in [5.74, 6) is -0.0669. The Balaban J connectivity index is 2.12. The van der Waals surface area contributed by atoms with Crippen LogP contribution in [-0.2, 0) is 5.75 Å². The lowest BCUT2D eigenvalue weighted by atomic mass is 10.1. The summed E-state index contributed by atoms with van der Waals surface area (Å²) in [6, 6.07) is 6.46. The van der Waals surface area contributed by atoms with Gasteiger partial charge in [-0.25, -0.2) is 14.4 Å². The van der Waals surface area contributed by atoms with Gasteiger partial charge in [-0.2, -0.15) is 0 Å². The van der Waals surface area contributed by atoms with Crippen molar-refractivity contribution < 1.29 is 4.39 Å². The van der Waals surface area contributed by atoms with Crippen molar-refractivity contribution in [2.45, 2.75) is 24.8 Å². The zero-order valence-electron chi connectivity index (χ0n) is 11.3. The molecule has 0 atom stereocenters. The fourth-order valence-corrected chi connectivity index (χ4v) is 2.67. The first kappa shape index (κ1) is 14.5. The van der Waals surface area contributed by atoms with E-state index in [0.717, 1.165) is 11.4 Å². The first-order valence-electron chi connectivity index (χ1n) is 6.03. The molecule has 0 radical (unpaired) electrons. The van der Waals surface area contributed by atoms with Crippen LogP contribution in [0.5, 0.6) is 0 Å². The number of nitrogen functional groups attached to an aromatic ring is 1. The molecule has 3 N–H and O–H groups in total. The number of hydrogen-bond donors (Lipinski definition) is 2. The molecule has 0 aliphatic rings. The largest absolute Gasteiger partial charge is 0.384 e. The maximum absolute atomic E-state index is 13.9. The minimum Gasteiger partial charge on any atom is -0.384 e. The smallest absolute Gasteiger partial charge is 0.188 e. The molecule has 104 valence electrons. The second-order valence-corrected chi connectivity index (χ2v) is 5.38. The molecule has 20 heavy (non-hydrogen) atoms. The van der Waals surface area contributed by atoms with E-state index in [-0.39, 0.29) is 11.7 Å². The average molecular weight is 290 g/mol. The van der Waals surface area contributed by atoms with Crippen molar-refractivity contribution in [1.82, 2.24) is 9.97 Å². The number of rotatable bonds is 4. The maximum Gasteiger partial charge on any atom is 0.188 e. The van der Waals surface area contributed by atoms with E-state index >= 15 is 0 Å². The SMILES string of the molecule is Cc1cc(C)nc(SCc2ccc(C(=N)N)cc2F)n1. The van der Waals surface area contributed by atoms with E-state index in [4.69, 9.17) is 11.1 Å². The summed E-state index contributed by atoms with van der Waals surface area (Å²) in [6.07, 6.45) is 0. The van der Waals surface area contributed by atoms with E-state index < -0.39 is 0 Å². The van der Waals surface area contributed by atoms with Crippen LogP contribution in [0.2, 0.25) is 0 Å². The van der Waals surface area contributed by atoms with Crippen LogP contribution in [-0.4, -0.2) is 15.8 Å². The summed E-state index contributed by atoms with van der Waals surface area (Å²) in [5.41, 5.74) is 8.05. The number of halogens is 1. The number of hydrogen-bond acceptors (Lipinski definition) is 4. The molecule has 0 amide bonds. The van der Waals surface area contributed by atoms with Gasteiger partial charge in [-0.3, -0.25) is 5.41 Å². The molecule has 0 unspecified atom stereocenters. The Hall–Kier alpha value is -1.95. The molecule has 6 heteroatoms. The number of benzene rings is 1. The van der Waals surface area contributed by atoms with Crippen LogP contribution < -0.4 is 5.73 Å². The molecular formula is C14H15FN4S. The van der Waals surface area contributed by atoms with E-state index in [9.17, 15) is 4.39 Å². The Bertz CT molecular complexity index is 637. The predicted molar refractivity (Wildman–Crippen MR) is 78.5 cm³/mol. The van der Waals surface area contributed by atoms with Crippen molar-refractivity contribution >= 4 is 17.6 Å². The summed E-state index contributed by atoms with van der Waals surface area (Å²) in [7, 11) is 0. The minimum atomic E-state index is -0.366. The molecule has 0 fully saturated rings. The first-order valence-corrected chi connectivity index (χ1v) is 7.02. The summed E-state index contributed by atoms with van der Waals surface area (Å²) >= 11 is 1.38. The Morgan fingerprint density at radius 2 is 1.90 bits per heavy atom. The number of nitrogens with one attached hydrogen (secondary N) is 1. The van der Waals surface area contributed by atoms with E-state index in [1.165, 1.54) is 17.8 Å². The van der Waals surface area contributed by atoms with Gasteiger partial charge in [0, 0.05) is 22.7 Å². The molecule has 4 nitrogen and oxygen atoms in total. The van der Waals surface area contributed by atoms with E-state index in [2.05, 4.69) is 9.97 Å². The molecule has 0 aliphatic carbocycles. The Morgan fingerprint density at radius 3 is 2.45 bits per heavy atom. The number of amidine groups is 1.